The molecule has 2 saturated heterocycles. The van der Waals surface area contributed by atoms with Crippen LogP contribution in [0.1, 0.15) is 42.7 Å². The van der Waals surface area contributed by atoms with Gasteiger partial charge in [0, 0.05) is 24.0 Å². The van der Waals surface area contributed by atoms with Gasteiger partial charge in [-0.2, -0.15) is 0 Å². The van der Waals surface area contributed by atoms with Gasteiger partial charge >= 0.3 is 0 Å². The lowest BCUT2D eigenvalue weighted by Crippen LogP contribution is -2.38. The summed E-state index contributed by atoms with van der Waals surface area (Å²) in [5, 5.41) is 4.99. The van der Waals surface area contributed by atoms with E-state index in [4.69, 9.17) is 0 Å². The first-order valence-corrected chi connectivity index (χ1v) is 8.99. The predicted molar refractivity (Wildman–Crippen MR) is 91.8 cm³/mol. The first kappa shape index (κ1) is 13.0. The zero-order chi connectivity index (χ0) is 14.5. The SMILES string of the molecule is c1cc(CC2CCNCC2)c2[nH]c3c(c2c1)C1CCN3CC1. The maximum atomic E-state index is 3.82. The highest BCUT2D eigenvalue weighted by atomic mass is 15.2. The van der Waals surface area contributed by atoms with Crippen LogP contribution in [0.5, 0.6) is 0 Å². The van der Waals surface area contributed by atoms with Crippen molar-refractivity contribution < 1.29 is 0 Å². The fourth-order valence-electron chi connectivity index (χ4n) is 4.91. The molecule has 0 radical (unpaired) electrons. The Balaban J connectivity index is 1.57. The molecule has 22 heavy (non-hydrogen) atoms. The van der Waals surface area contributed by atoms with Gasteiger partial charge in [0.25, 0.3) is 0 Å². The Morgan fingerprint density at radius 2 is 1.86 bits per heavy atom. The summed E-state index contributed by atoms with van der Waals surface area (Å²) in [6.07, 6.45) is 6.58. The predicted octanol–water partition coefficient (Wildman–Crippen LogP) is 3.41. The lowest BCUT2D eigenvalue weighted by atomic mass is 9.83. The van der Waals surface area contributed by atoms with Crippen molar-refractivity contribution in [3.8, 4) is 0 Å². The van der Waals surface area contributed by atoms with Gasteiger partial charge in [-0.15, -0.1) is 0 Å². The van der Waals surface area contributed by atoms with Crippen LogP contribution in [0.4, 0.5) is 5.82 Å². The number of aromatic amines is 1. The van der Waals surface area contributed by atoms with Crippen LogP contribution >= 0.6 is 0 Å². The van der Waals surface area contributed by atoms with Gasteiger partial charge in [-0.3, -0.25) is 0 Å². The number of hydrogen-bond acceptors (Lipinski definition) is 2. The minimum atomic E-state index is 0.794. The molecule has 2 fully saturated rings. The topological polar surface area (TPSA) is 31.1 Å². The number of aromatic nitrogens is 1. The lowest BCUT2D eigenvalue weighted by Gasteiger charge is -2.40. The summed E-state index contributed by atoms with van der Waals surface area (Å²) in [6, 6.07) is 6.98. The summed E-state index contributed by atoms with van der Waals surface area (Å²) in [7, 11) is 0. The quantitative estimate of drug-likeness (QED) is 0.889. The zero-order valence-corrected chi connectivity index (χ0v) is 13.2. The number of nitrogens with one attached hydrogen (secondary N) is 2. The number of hydrogen-bond donors (Lipinski definition) is 2. The molecule has 4 aliphatic rings. The van der Waals surface area contributed by atoms with E-state index in [9.17, 15) is 0 Å². The fourth-order valence-corrected chi connectivity index (χ4v) is 4.91. The van der Waals surface area contributed by atoms with Gasteiger partial charge < -0.3 is 15.2 Å². The van der Waals surface area contributed by atoms with Gasteiger partial charge in [0.2, 0.25) is 0 Å². The molecule has 2 bridgehead atoms. The van der Waals surface area contributed by atoms with Crippen LogP contribution in [0, 0.1) is 5.92 Å². The molecule has 0 unspecified atom stereocenters. The van der Waals surface area contributed by atoms with Gasteiger partial charge in [-0.1, -0.05) is 18.2 Å². The Morgan fingerprint density at radius 3 is 2.68 bits per heavy atom. The average Bonchev–Trinajstić information content (AvgIpc) is 3.00. The summed E-state index contributed by atoms with van der Waals surface area (Å²) < 4.78 is 0. The van der Waals surface area contributed by atoms with E-state index in [1.807, 2.05) is 0 Å². The molecular formula is C19H25N3. The van der Waals surface area contributed by atoms with Crippen LogP contribution in [0.3, 0.4) is 0 Å². The maximum Gasteiger partial charge on any atom is 0.110 e. The molecule has 0 amide bonds. The van der Waals surface area contributed by atoms with E-state index < -0.39 is 0 Å². The highest BCUT2D eigenvalue weighted by Crippen LogP contribution is 2.46. The lowest BCUT2D eigenvalue weighted by molar-refractivity contribution is 0.373. The van der Waals surface area contributed by atoms with E-state index >= 15 is 0 Å². The second-order valence-corrected chi connectivity index (χ2v) is 7.39. The van der Waals surface area contributed by atoms with Gasteiger partial charge in [-0.25, -0.2) is 0 Å². The minimum absolute atomic E-state index is 0.794. The largest absolute Gasteiger partial charge is 0.358 e. The Bertz CT molecular complexity index is 688. The fraction of sp³-hybridized carbons (Fsp3) is 0.579. The Kier molecular flexibility index (Phi) is 2.97. The first-order chi connectivity index (χ1) is 10.9. The summed E-state index contributed by atoms with van der Waals surface area (Å²) in [4.78, 5) is 6.39. The summed E-state index contributed by atoms with van der Waals surface area (Å²) in [5.74, 6) is 3.09. The normalized spacial score (nSPS) is 22.5. The second-order valence-electron chi connectivity index (χ2n) is 7.39. The average molecular weight is 295 g/mol. The monoisotopic (exact) mass is 295 g/mol. The van der Waals surface area contributed by atoms with Crippen molar-refractivity contribution in [2.75, 3.05) is 31.1 Å². The summed E-state index contributed by atoms with van der Waals surface area (Å²) in [6.45, 7) is 4.87. The Labute approximate surface area is 132 Å². The van der Waals surface area contributed by atoms with Crippen molar-refractivity contribution in [2.24, 2.45) is 5.92 Å². The van der Waals surface area contributed by atoms with E-state index in [1.54, 1.807) is 11.1 Å². The third kappa shape index (κ3) is 1.91. The number of H-pyrrole nitrogens is 1. The number of fused-ring (bicyclic) bond motifs is 3. The second kappa shape index (κ2) is 5.02. The molecule has 0 atom stereocenters. The van der Waals surface area contributed by atoms with Crippen molar-refractivity contribution in [3.05, 3.63) is 29.3 Å². The van der Waals surface area contributed by atoms with E-state index in [0.29, 0.717) is 0 Å². The molecule has 5 heterocycles. The molecule has 116 valence electrons. The molecular weight excluding hydrogens is 270 g/mol. The van der Waals surface area contributed by atoms with Crippen LogP contribution in [0.25, 0.3) is 10.9 Å². The Morgan fingerprint density at radius 1 is 1.05 bits per heavy atom. The summed E-state index contributed by atoms with van der Waals surface area (Å²) >= 11 is 0. The third-order valence-electron chi connectivity index (χ3n) is 6.13. The van der Waals surface area contributed by atoms with Gasteiger partial charge in [0.05, 0.1) is 5.52 Å². The first-order valence-electron chi connectivity index (χ1n) is 8.99. The molecule has 0 spiro atoms. The number of rotatable bonds is 2. The number of anilines is 1. The number of piperidine rings is 2. The van der Waals surface area contributed by atoms with E-state index in [-0.39, 0.29) is 0 Å². The molecule has 1 aromatic carbocycles. The molecule has 0 aliphatic carbocycles. The minimum Gasteiger partial charge on any atom is -0.358 e. The number of benzene rings is 1. The van der Waals surface area contributed by atoms with Crippen LogP contribution in [-0.4, -0.2) is 31.2 Å². The van der Waals surface area contributed by atoms with Crippen LogP contribution < -0.4 is 10.2 Å². The number of nitrogens with zero attached hydrogens (tertiary/aromatic N) is 1. The third-order valence-corrected chi connectivity index (χ3v) is 6.13. The van der Waals surface area contributed by atoms with Gasteiger partial charge in [0.15, 0.2) is 0 Å². The molecule has 3 nitrogen and oxygen atoms in total. The van der Waals surface area contributed by atoms with Gasteiger partial charge in [-0.05, 0) is 62.6 Å². The van der Waals surface area contributed by atoms with Crippen molar-refractivity contribution in [1.29, 1.82) is 0 Å². The maximum absolute atomic E-state index is 3.82. The van der Waals surface area contributed by atoms with E-state index in [1.165, 1.54) is 75.0 Å². The molecule has 4 aliphatic heterocycles. The Hall–Kier alpha value is -1.48. The van der Waals surface area contributed by atoms with Crippen molar-refractivity contribution in [3.63, 3.8) is 0 Å². The summed E-state index contributed by atoms with van der Waals surface area (Å²) in [5.41, 5.74) is 4.60. The van der Waals surface area contributed by atoms with Crippen LogP contribution in [0.15, 0.2) is 18.2 Å². The van der Waals surface area contributed by atoms with Gasteiger partial charge in [0.1, 0.15) is 5.82 Å². The molecule has 6 rings (SSSR count). The highest BCUT2D eigenvalue weighted by molar-refractivity contribution is 5.92. The van der Waals surface area contributed by atoms with Crippen LogP contribution in [0.2, 0.25) is 0 Å². The molecule has 0 saturated carbocycles. The van der Waals surface area contributed by atoms with Crippen molar-refractivity contribution >= 4 is 16.7 Å². The molecule has 3 heteroatoms. The standard InChI is InChI=1S/C19H25N3/c1-2-15(12-13-4-8-20-9-5-13)18-16(3-1)17-14-6-10-22(11-7-14)19(17)21-18/h1-3,13-14,20-21H,4-12H2. The van der Waals surface area contributed by atoms with E-state index in [2.05, 4.69) is 33.4 Å². The molecule has 2 N–H and O–H groups in total. The van der Waals surface area contributed by atoms with Crippen LogP contribution in [-0.2, 0) is 6.42 Å². The molecule has 1 aromatic heterocycles. The molecule has 2 aromatic rings. The zero-order valence-electron chi connectivity index (χ0n) is 13.2. The highest BCUT2D eigenvalue weighted by Gasteiger charge is 2.34. The van der Waals surface area contributed by atoms with Crippen molar-refractivity contribution in [2.45, 2.75) is 38.0 Å². The van der Waals surface area contributed by atoms with Crippen molar-refractivity contribution in [1.82, 2.24) is 10.3 Å². The van der Waals surface area contributed by atoms with E-state index in [0.717, 1.165) is 11.8 Å². The number of para-hydroxylation sites is 1. The smallest absolute Gasteiger partial charge is 0.110 e.